The van der Waals surface area contributed by atoms with Crippen LogP contribution < -0.4 is 10.1 Å². The van der Waals surface area contributed by atoms with Gasteiger partial charge in [-0.2, -0.15) is 0 Å². The molecule has 2 amide bonds. The van der Waals surface area contributed by atoms with Gasteiger partial charge in [0.15, 0.2) is 0 Å². The van der Waals surface area contributed by atoms with Gasteiger partial charge in [-0.1, -0.05) is 18.2 Å². The summed E-state index contributed by atoms with van der Waals surface area (Å²) in [7, 11) is 2.89. The van der Waals surface area contributed by atoms with Gasteiger partial charge in [-0.3, -0.25) is 4.79 Å². The number of benzene rings is 1. The van der Waals surface area contributed by atoms with E-state index >= 15 is 0 Å². The first-order valence-corrected chi connectivity index (χ1v) is 6.27. The van der Waals surface area contributed by atoms with E-state index in [2.05, 4.69) is 10.1 Å². The van der Waals surface area contributed by atoms with E-state index in [0.717, 1.165) is 11.3 Å². The van der Waals surface area contributed by atoms with Crippen molar-refractivity contribution in [3.05, 3.63) is 29.8 Å². The van der Waals surface area contributed by atoms with Gasteiger partial charge in [-0.15, -0.1) is 0 Å². The predicted molar refractivity (Wildman–Crippen MR) is 74.5 cm³/mol. The molecule has 0 bridgehead atoms. The van der Waals surface area contributed by atoms with E-state index in [-0.39, 0.29) is 5.91 Å². The average Bonchev–Trinajstić information content (AvgIpc) is 2.46. The normalized spacial score (nSPS) is 9.75. The van der Waals surface area contributed by atoms with Crippen molar-refractivity contribution in [2.75, 3.05) is 27.3 Å². The standard InChI is InChI=1S/C14H20N2O4/c1-11(17)16(9-8-15-14(18)20-3)10-12-6-4-5-7-13(12)19-2/h4-7H,8-10H2,1-3H3,(H,15,18). The number of alkyl carbamates (subject to hydrolysis) is 1. The van der Waals surface area contributed by atoms with Crippen LogP contribution in [-0.4, -0.2) is 44.2 Å². The van der Waals surface area contributed by atoms with E-state index in [9.17, 15) is 9.59 Å². The number of rotatable bonds is 6. The van der Waals surface area contributed by atoms with E-state index in [1.165, 1.54) is 14.0 Å². The van der Waals surface area contributed by atoms with Crippen LogP contribution in [0, 0.1) is 0 Å². The Morgan fingerprint density at radius 2 is 1.95 bits per heavy atom. The molecule has 0 saturated heterocycles. The van der Waals surface area contributed by atoms with Crippen molar-refractivity contribution in [1.29, 1.82) is 0 Å². The Hall–Kier alpha value is -2.24. The van der Waals surface area contributed by atoms with Crippen LogP contribution in [0.1, 0.15) is 12.5 Å². The first kappa shape index (κ1) is 15.8. The highest BCUT2D eigenvalue weighted by molar-refractivity contribution is 5.73. The summed E-state index contributed by atoms with van der Waals surface area (Å²) in [4.78, 5) is 24.2. The number of amides is 2. The Morgan fingerprint density at radius 1 is 1.25 bits per heavy atom. The van der Waals surface area contributed by atoms with Crippen molar-refractivity contribution in [2.45, 2.75) is 13.5 Å². The summed E-state index contributed by atoms with van der Waals surface area (Å²) in [5.74, 6) is 0.669. The molecule has 0 heterocycles. The Balaban J connectivity index is 2.63. The number of carbonyl (C=O) groups excluding carboxylic acids is 2. The smallest absolute Gasteiger partial charge is 0.406 e. The lowest BCUT2D eigenvalue weighted by Crippen LogP contribution is -2.37. The predicted octanol–water partition coefficient (Wildman–Crippen LogP) is 1.40. The Labute approximate surface area is 118 Å². The summed E-state index contributed by atoms with van der Waals surface area (Å²) in [6, 6.07) is 7.52. The van der Waals surface area contributed by atoms with Gasteiger partial charge >= 0.3 is 6.09 Å². The van der Waals surface area contributed by atoms with E-state index < -0.39 is 6.09 Å². The molecule has 0 unspecified atom stereocenters. The van der Waals surface area contributed by atoms with Crippen LogP contribution in [0.4, 0.5) is 4.79 Å². The molecule has 110 valence electrons. The molecule has 0 aliphatic carbocycles. The van der Waals surface area contributed by atoms with Crippen molar-refractivity contribution in [3.63, 3.8) is 0 Å². The SMILES string of the molecule is COC(=O)NCCN(Cc1ccccc1OC)C(C)=O. The number of nitrogens with zero attached hydrogens (tertiary/aromatic N) is 1. The molecule has 1 aromatic carbocycles. The highest BCUT2D eigenvalue weighted by Crippen LogP contribution is 2.19. The molecule has 1 N–H and O–H groups in total. The third-order valence-electron chi connectivity index (χ3n) is 2.84. The fourth-order valence-electron chi connectivity index (χ4n) is 1.75. The zero-order valence-corrected chi connectivity index (χ0v) is 12.0. The molecule has 0 radical (unpaired) electrons. The summed E-state index contributed by atoms with van der Waals surface area (Å²) in [5.41, 5.74) is 0.920. The molecule has 0 aromatic heterocycles. The third-order valence-corrected chi connectivity index (χ3v) is 2.84. The minimum absolute atomic E-state index is 0.0671. The van der Waals surface area contributed by atoms with Gasteiger partial charge in [-0.25, -0.2) is 4.79 Å². The maximum Gasteiger partial charge on any atom is 0.406 e. The van der Waals surface area contributed by atoms with Crippen LogP contribution >= 0.6 is 0 Å². The Kier molecular flexibility index (Phi) is 6.36. The average molecular weight is 280 g/mol. The molecule has 0 spiro atoms. The van der Waals surface area contributed by atoms with E-state index in [0.29, 0.717) is 19.6 Å². The van der Waals surface area contributed by atoms with Gasteiger partial charge < -0.3 is 19.7 Å². The molecule has 6 heteroatoms. The largest absolute Gasteiger partial charge is 0.496 e. The van der Waals surface area contributed by atoms with Crippen LogP contribution in [0.5, 0.6) is 5.75 Å². The second-order valence-electron chi connectivity index (χ2n) is 4.17. The molecular formula is C14H20N2O4. The number of hydrogen-bond donors (Lipinski definition) is 1. The lowest BCUT2D eigenvalue weighted by Gasteiger charge is -2.22. The van der Waals surface area contributed by atoms with Crippen LogP contribution in [-0.2, 0) is 16.1 Å². The number of ether oxygens (including phenoxy) is 2. The van der Waals surface area contributed by atoms with Crippen molar-refractivity contribution in [1.82, 2.24) is 10.2 Å². The quantitative estimate of drug-likeness (QED) is 0.855. The van der Waals surface area contributed by atoms with Gasteiger partial charge in [0.1, 0.15) is 5.75 Å². The summed E-state index contributed by atoms with van der Waals surface area (Å²) in [6.45, 7) is 2.67. The van der Waals surface area contributed by atoms with Crippen molar-refractivity contribution >= 4 is 12.0 Å². The van der Waals surface area contributed by atoms with Gasteiger partial charge in [0.25, 0.3) is 0 Å². The van der Waals surface area contributed by atoms with Crippen LogP contribution in [0.25, 0.3) is 0 Å². The maximum atomic E-state index is 11.6. The van der Waals surface area contributed by atoms with Gasteiger partial charge in [0, 0.05) is 32.1 Å². The molecule has 0 aliphatic heterocycles. The number of para-hydroxylation sites is 1. The minimum atomic E-state index is -0.509. The van der Waals surface area contributed by atoms with Gasteiger partial charge in [0.2, 0.25) is 5.91 Å². The molecular weight excluding hydrogens is 260 g/mol. The van der Waals surface area contributed by atoms with E-state index in [1.807, 2.05) is 24.3 Å². The summed E-state index contributed by atoms with van der Waals surface area (Å²) < 4.78 is 9.73. The van der Waals surface area contributed by atoms with Crippen molar-refractivity contribution < 1.29 is 19.1 Å². The zero-order valence-electron chi connectivity index (χ0n) is 12.0. The monoisotopic (exact) mass is 280 g/mol. The topological polar surface area (TPSA) is 67.9 Å². The first-order valence-electron chi connectivity index (χ1n) is 6.27. The molecule has 1 aromatic rings. The first-order chi connectivity index (χ1) is 9.58. The number of nitrogens with one attached hydrogen (secondary N) is 1. The molecule has 0 saturated carbocycles. The lowest BCUT2D eigenvalue weighted by atomic mass is 10.2. The van der Waals surface area contributed by atoms with Crippen LogP contribution in [0.15, 0.2) is 24.3 Å². The van der Waals surface area contributed by atoms with E-state index in [1.54, 1.807) is 12.0 Å². The molecule has 0 aliphatic rings. The Morgan fingerprint density at radius 3 is 2.55 bits per heavy atom. The molecule has 6 nitrogen and oxygen atoms in total. The fourth-order valence-corrected chi connectivity index (χ4v) is 1.75. The maximum absolute atomic E-state index is 11.6. The molecule has 0 fully saturated rings. The zero-order chi connectivity index (χ0) is 15.0. The Bertz CT molecular complexity index is 462. The number of hydrogen-bond acceptors (Lipinski definition) is 4. The molecule has 0 atom stereocenters. The van der Waals surface area contributed by atoms with Crippen molar-refractivity contribution in [2.24, 2.45) is 0 Å². The molecule has 20 heavy (non-hydrogen) atoms. The van der Waals surface area contributed by atoms with Crippen LogP contribution in [0.2, 0.25) is 0 Å². The minimum Gasteiger partial charge on any atom is -0.496 e. The second-order valence-corrected chi connectivity index (χ2v) is 4.17. The van der Waals surface area contributed by atoms with Gasteiger partial charge in [0.05, 0.1) is 14.2 Å². The second kappa shape index (κ2) is 8.04. The summed E-state index contributed by atoms with van der Waals surface area (Å²) in [5, 5.41) is 2.55. The van der Waals surface area contributed by atoms with Gasteiger partial charge in [-0.05, 0) is 6.07 Å². The fraction of sp³-hybridized carbons (Fsp3) is 0.429. The summed E-state index contributed by atoms with van der Waals surface area (Å²) in [6.07, 6.45) is -0.509. The highest BCUT2D eigenvalue weighted by Gasteiger charge is 2.12. The highest BCUT2D eigenvalue weighted by atomic mass is 16.5. The number of carbonyl (C=O) groups is 2. The molecule has 1 rings (SSSR count). The number of methoxy groups -OCH3 is 2. The lowest BCUT2D eigenvalue weighted by molar-refractivity contribution is -0.129. The van der Waals surface area contributed by atoms with Crippen molar-refractivity contribution in [3.8, 4) is 5.75 Å². The summed E-state index contributed by atoms with van der Waals surface area (Å²) >= 11 is 0. The third kappa shape index (κ3) is 4.79. The van der Waals surface area contributed by atoms with E-state index in [4.69, 9.17) is 4.74 Å². The van der Waals surface area contributed by atoms with Crippen LogP contribution in [0.3, 0.4) is 0 Å².